The van der Waals surface area contributed by atoms with Gasteiger partial charge in [0.2, 0.25) is 0 Å². The van der Waals surface area contributed by atoms with Crippen molar-refractivity contribution in [2.75, 3.05) is 26.2 Å². The lowest BCUT2D eigenvalue weighted by Gasteiger charge is -2.45. The molecule has 2 fully saturated rings. The van der Waals surface area contributed by atoms with Gasteiger partial charge in [-0.1, -0.05) is 6.92 Å². The zero-order valence-electron chi connectivity index (χ0n) is 13.4. The van der Waals surface area contributed by atoms with Crippen LogP contribution < -0.4 is 5.32 Å². The van der Waals surface area contributed by atoms with Crippen molar-refractivity contribution in [2.24, 2.45) is 5.92 Å². The van der Waals surface area contributed by atoms with Gasteiger partial charge in [0, 0.05) is 51.2 Å². The van der Waals surface area contributed by atoms with E-state index in [1.54, 1.807) is 0 Å². The third-order valence-corrected chi connectivity index (χ3v) is 4.52. The highest BCUT2D eigenvalue weighted by Crippen LogP contribution is 2.32. The second-order valence-electron chi connectivity index (χ2n) is 6.52. The zero-order chi connectivity index (χ0) is 15.4. The maximum atomic E-state index is 11.9. The first-order chi connectivity index (χ1) is 10.8. The van der Waals surface area contributed by atoms with Gasteiger partial charge in [-0.3, -0.25) is 9.88 Å². The Bertz CT molecular complexity index is 483. The van der Waals surface area contributed by atoms with E-state index >= 15 is 0 Å². The number of nitrogens with one attached hydrogen (secondary N) is 1. The minimum absolute atomic E-state index is 0.0911. The number of carbonyl (C=O) groups is 1. The summed E-state index contributed by atoms with van der Waals surface area (Å²) in [4.78, 5) is 20.5. The molecule has 0 bridgehead atoms. The normalized spacial score (nSPS) is 18.4. The van der Waals surface area contributed by atoms with Crippen molar-refractivity contribution >= 4 is 6.03 Å². The van der Waals surface area contributed by atoms with Crippen molar-refractivity contribution in [3.8, 4) is 0 Å². The van der Waals surface area contributed by atoms with Crippen LogP contribution in [0.15, 0.2) is 24.5 Å². The molecule has 1 aliphatic heterocycles. The van der Waals surface area contributed by atoms with Crippen molar-refractivity contribution in [3.63, 3.8) is 0 Å². The lowest BCUT2D eigenvalue weighted by atomic mass is 10.1. The van der Waals surface area contributed by atoms with E-state index in [4.69, 9.17) is 0 Å². The number of urea groups is 1. The molecule has 0 unspecified atom stereocenters. The molecule has 22 heavy (non-hydrogen) atoms. The number of hydrogen-bond donors (Lipinski definition) is 1. The minimum Gasteiger partial charge on any atom is -0.338 e. The first kappa shape index (κ1) is 15.3. The van der Waals surface area contributed by atoms with Gasteiger partial charge in [-0.2, -0.15) is 0 Å². The molecule has 0 aromatic carbocycles. The van der Waals surface area contributed by atoms with Crippen LogP contribution in [0, 0.1) is 5.92 Å². The Hall–Kier alpha value is -1.62. The summed E-state index contributed by atoms with van der Waals surface area (Å²) < 4.78 is 0. The fourth-order valence-corrected chi connectivity index (χ4v) is 2.89. The SMILES string of the molecule is CCCNC(=O)N1CC(N(Cc2ccncc2)CC2CC2)C1. The maximum Gasteiger partial charge on any atom is 0.317 e. The first-order valence-electron chi connectivity index (χ1n) is 8.42. The minimum atomic E-state index is 0.0911. The summed E-state index contributed by atoms with van der Waals surface area (Å²) in [7, 11) is 0. The van der Waals surface area contributed by atoms with Crippen molar-refractivity contribution < 1.29 is 4.79 Å². The highest BCUT2D eigenvalue weighted by atomic mass is 16.2. The van der Waals surface area contributed by atoms with Crippen molar-refractivity contribution in [2.45, 2.75) is 38.8 Å². The lowest BCUT2D eigenvalue weighted by Crippen LogP contribution is -2.63. The van der Waals surface area contributed by atoms with Crippen LogP contribution in [-0.4, -0.2) is 53.0 Å². The first-order valence-corrected chi connectivity index (χ1v) is 8.42. The monoisotopic (exact) mass is 302 g/mol. The Morgan fingerprint density at radius 1 is 1.36 bits per heavy atom. The van der Waals surface area contributed by atoms with E-state index in [-0.39, 0.29) is 6.03 Å². The van der Waals surface area contributed by atoms with Crippen LogP contribution in [0.5, 0.6) is 0 Å². The second-order valence-corrected chi connectivity index (χ2v) is 6.52. The van der Waals surface area contributed by atoms with Gasteiger partial charge >= 0.3 is 6.03 Å². The number of amides is 2. The van der Waals surface area contributed by atoms with Gasteiger partial charge in [0.25, 0.3) is 0 Å². The predicted octanol–water partition coefficient (Wildman–Crippen LogP) is 2.10. The Morgan fingerprint density at radius 2 is 2.09 bits per heavy atom. The Balaban J connectivity index is 1.52. The molecule has 2 heterocycles. The maximum absolute atomic E-state index is 11.9. The molecule has 1 aromatic heterocycles. The van der Waals surface area contributed by atoms with Gasteiger partial charge in [-0.15, -0.1) is 0 Å². The molecular formula is C17H26N4O. The van der Waals surface area contributed by atoms with Crippen molar-refractivity contribution in [3.05, 3.63) is 30.1 Å². The molecule has 0 radical (unpaired) electrons. The Morgan fingerprint density at radius 3 is 2.73 bits per heavy atom. The highest BCUT2D eigenvalue weighted by molar-refractivity contribution is 5.75. The smallest absolute Gasteiger partial charge is 0.317 e. The van der Waals surface area contributed by atoms with Gasteiger partial charge in [-0.25, -0.2) is 4.79 Å². The molecule has 1 saturated heterocycles. The number of aromatic nitrogens is 1. The van der Waals surface area contributed by atoms with Crippen molar-refractivity contribution in [1.82, 2.24) is 20.1 Å². The van der Waals surface area contributed by atoms with E-state index in [1.165, 1.54) is 18.4 Å². The van der Waals surface area contributed by atoms with Gasteiger partial charge < -0.3 is 10.2 Å². The van der Waals surface area contributed by atoms with E-state index in [2.05, 4.69) is 34.3 Å². The third kappa shape index (κ3) is 3.97. The molecule has 1 N–H and O–H groups in total. The molecule has 1 aliphatic carbocycles. The van der Waals surface area contributed by atoms with Crippen LogP contribution in [0.3, 0.4) is 0 Å². The summed E-state index contributed by atoms with van der Waals surface area (Å²) in [5.41, 5.74) is 1.31. The second kappa shape index (κ2) is 7.09. The summed E-state index contributed by atoms with van der Waals surface area (Å²) in [6.45, 7) is 6.68. The number of pyridine rings is 1. The van der Waals surface area contributed by atoms with E-state index in [0.29, 0.717) is 6.04 Å². The number of rotatable bonds is 7. The summed E-state index contributed by atoms with van der Waals surface area (Å²) in [5.74, 6) is 0.866. The predicted molar refractivity (Wildman–Crippen MR) is 86.4 cm³/mol. The summed E-state index contributed by atoms with van der Waals surface area (Å²) >= 11 is 0. The van der Waals surface area contributed by atoms with Crippen molar-refractivity contribution in [1.29, 1.82) is 0 Å². The number of carbonyl (C=O) groups excluding carboxylic acids is 1. The molecule has 120 valence electrons. The van der Waals surface area contributed by atoms with Crippen LogP contribution >= 0.6 is 0 Å². The van der Waals surface area contributed by atoms with Crippen LogP contribution in [0.25, 0.3) is 0 Å². The van der Waals surface area contributed by atoms with Crippen LogP contribution in [0.4, 0.5) is 4.79 Å². The summed E-state index contributed by atoms with van der Waals surface area (Å²) in [5, 5.41) is 2.96. The molecular weight excluding hydrogens is 276 g/mol. The molecule has 1 aromatic rings. The van der Waals surface area contributed by atoms with E-state index < -0.39 is 0 Å². The molecule has 5 nitrogen and oxygen atoms in total. The molecule has 2 amide bonds. The summed E-state index contributed by atoms with van der Waals surface area (Å²) in [6.07, 6.45) is 7.42. The quantitative estimate of drug-likeness (QED) is 0.839. The molecule has 1 saturated carbocycles. The summed E-state index contributed by atoms with van der Waals surface area (Å²) in [6, 6.07) is 4.77. The fraction of sp³-hybridized carbons (Fsp3) is 0.647. The average Bonchev–Trinajstić information content (AvgIpc) is 3.28. The lowest BCUT2D eigenvalue weighted by molar-refractivity contribution is 0.0486. The fourth-order valence-electron chi connectivity index (χ4n) is 2.89. The Kier molecular flexibility index (Phi) is 4.93. The number of likely N-dealkylation sites (tertiary alicyclic amines) is 1. The number of hydrogen-bond acceptors (Lipinski definition) is 3. The van der Waals surface area contributed by atoms with Crippen LogP contribution in [-0.2, 0) is 6.54 Å². The van der Waals surface area contributed by atoms with E-state index in [1.807, 2.05) is 17.3 Å². The van der Waals surface area contributed by atoms with Gasteiger partial charge in [0.05, 0.1) is 0 Å². The topological polar surface area (TPSA) is 48.5 Å². The molecule has 3 rings (SSSR count). The molecule has 5 heteroatoms. The van der Waals surface area contributed by atoms with Gasteiger partial charge in [0.15, 0.2) is 0 Å². The largest absolute Gasteiger partial charge is 0.338 e. The average molecular weight is 302 g/mol. The highest BCUT2D eigenvalue weighted by Gasteiger charge is 2.37. The van der Waals surface area contributed by atoms with Crippen LogP contribution in [0.1, 0.15) is 31.7 Å². The zero-order valence-corrected chi connectivity index (χ0v) is 13.4. The molecule has 0 atom stereocenters. The standard InChI is InChI=1S/C17H26N4O/c1-2-7-19-17(22)21-12-16(13-21)20(10-14-3-4-14)11-15-5-8-18-9-6-15/h5-6,8-9,14,16H,2-4,7,10-13H2,1H3,(H,19,22). The van der Waals surface area contributed by atoms with Crippen LogP contribution in [0.2, 0.25) is 0 Å². The third-order valence-electron chi connectivity index (χ3n) is 4.52. The number of nitrogens with zero attached hydrogens (tertiary/aromatic N) is 3. The van der Waals surface area contributed by atoms with E-state index in [9.17, 15) is 4.79 Å². The van der Waals surface area contributed by atoms with E-state index in [0.717, 1.165) is 45.1 Å². The van der Waals surface area contributed by atoms with Gasteiger partial charge in [0.1, 0.15) is 0 Å². The Labute approximate surface area is 132 Å². The molecule has 2 aliphatic rings. The molecule has 0 spiro atoms. The van der Waals surface area contributed by atoms with Gasteiger partial charge in [-0.05, 0) is 42.9 Å².